The van der Waals surface area contributed by atoms with Gasteiger partial charge in [0, 0.05) is 38.7 Å². The van der Waals surface area contributed by atoms with Crippen molar-refractivity contribution in [3.8, 4) is 11.5 Å². The molecule has 2 rings (SSSR count). The molecule has 2 amide bonds. The van der Waals surface area contributed by atoms with E-state index >= 15 is 0 Å². The number of carbonyl (C=O) groups is 2. The molecule has 0 saturated carbocycles. The predicted molar refractivity (Wildman–Crippen MR) is 90.3 cm³/mol. The van der Waals surface area contributed by atoms with Crippen molar-refractivity contribution in [2.75, 3.05) is 46.9 Å². The molecule has 0 aromatic heterocycles. The van der Waals surface area contributed by atoms with Crippen LogP contribution in [0.5, 0.6) is 11.5 Å². The first-order valence-electron chi connectivity index (χ1n) is 8.09. The second kappa shape index (κ2) is 8.54. The molecule has 2 N–H and O–H groups in total. The minimum Gasteiger partial charge on any atom is -0.497 e. The Labute approximate surface area is 142 Å². The Balaban J connectivity index is 1.99. The van der Waals surface area contributed by atoms with E-state index in [9.17, 15) is 9.59 Å². The SMILES string of the molecule is COc1ccc(C(=O)N2CCN(C(=O)CCCN)CC2)c(OC)c1. The molecule has 1 saturated heterocycles. The van der Waals surface area contributed by atoms with Crippen LogP contribution >= 0.6 is 0 Å². The number of hydrogen-bond acceptors (Lipinski definition) is 5. The van der Waals surface area contributed by atoms with Gasteiger partial charge in [-0.25, -0.2) is 0 Å². The third-order valence-corrected chi connectivity index (χ3v) is 4.15. The summed E-state index contributed by atoms with van der Waals surface area (Å²) in [6.07, 6.45) is 1.16. The number of nitrogens with zero attached hydrogens (tertiary/aromatic N) is 2. The van der Waals surface area contributed by atoms with E-state index in [0.717, 1.165) is 0 Å². The minimum atomic E-state index is -0.0939. The standard InChI is InChI=1S/C17H25N3O4/c1-23-13-5-6-14(15(12-13)24-2)17(22)20-10-8-19(9-11-20)16(21)4-3-7-18/h5-6,12H,3-4,7-11,18H2,1-2H3. The molecule has 1 aromatic carbocycles. The average Bonchev–Trinajstić information content (AvgIpc) is 2.65. The summed E-state index contributed by atoms with van der Waals surface area (Å²) in [5.41, 5.74) is 5.94. The largest absolute Gasteiger partial charge is 0.497 e. The Hall–Kier alpha value is -2.28. The molecular formula is C17H25N3O4. The maximum absolute atomic E-state index is 12.7. The number of benzene rings is 1. The molecule has 0 unspecified atom stereocenters. The van der Waals surface area contributed by atoms with Gasteiger partial charge in [-0.3, -0.25) is 9.59 Å². The second-order valence-electron chi connectivity index (χ2n) is 5.63. The van der Waals surface area contributed by atoms with Crippen molar-refractivity contribution in [1.29, 1.82) is 0 Å². The topological polar surface area (TPSA) is 85.1 Å². The van der Waals surface area contributed by atoms with Crippen LogP contribution in [0.2, 0.25) is 0 Å². The van der Waals surface area contributed by atoms with Crippen LogP contribution in [0.1, 0.15) is 23.2 Å². The quantitative estimate of drug-likeness (QED) is 0.828. The molecular weight excluding hydrogens is 310 g/mol. The van der Waals surface area contributed by atoms with Gasteiger partial charge < -0.3 is 25.0 Å². The second-order valence-corrected chi connectivity index (χ2v) is 5.63. The third-order valence-electron chi connectivity index (χ3n) is 4.15. The van der Waals surface area contributed by atoms with Crippen molar-refractivity contribution in [2.24, 2.45) is 5.73 Å². The fourth-order valence-electron chi connectivity index (χ4n) is 2.72. The molecule has 0 spiro atoms. The number of piperazine rings is 1. The van der Waals surface area contributed by atoms with Crippen LogP contribution in [0.4, 0.5) is 0 Å². The lowest BCUT2D eigenvalue weighted by Crippen LogP contribution is -2.50. The Morgan fingerprint density at radius 1 is 1.08 bits per heavy atom. The summed E-state index contributed by atoms with van der Waals surface area (Å²) in [4.78, 5) is 28.3. The van der Waals surface area contributed by atoms with Gasteiger partial charge in [-0.15, -0.1) is 0 Å². The van der Waals surface area contributed by atoms with Crippen LogP contribution in [-0.2, 0) is 4.79 Å². The normalized spacial score (nSPS) is 14.5. The first-order valence-corrected chi connectivity index (χ1v) is 8.09. The van der Waals surface area contributed by atoms with Crippen LogP contribution in [0.15, 0.2) is 18.2 Å². The number of methoxy groups -OCH3 is 2. The van der Waals surface area contributed by atoms with Crippen molar-refractivity contribution in [3.05, 3.63) is 23.8 Å². The summed E-state index contributed by atoms with van der Waals surface area (Å²) < 4.78 is 10.5. The zero-order valence-electron chi connectivity index (χ0n) is 14.3. The van der Waals surface area contributed by atoms with Crippen LogP contribution in [0.3, 0.4) is 0 Å². The van der Waals surface area contributed by atoms with Gasteiger partial charge in [0.15, 0.2) is 0 Å². The van der Waals surface area contributed by atoms with Gasteiger partial charge in [-0.2, -0.15) is 0 Å². The van der Waals surface area contributed by atoms with E-state index in [0.29, 0.717) is 62.6 Å². The van der Waals surface area contributed by atoms with E-state index in [-0.39, 0.29) is 11.8 Å². The van der Waals surface area contributed by atoms with Crippen LogP contribution in [0.25, 0.3) is 0 Å². The maximum Gasteiger partial charge on any atom is 0.257 e. The van der Waals surface area contributed by atoms with E-state index < -0.39 is 0 Å². The van der Waals surface area contributed by atoms with Crippen molar-refractivity contribution in [2.45, 2.75) is 12.8 Å². The van der Waals surface area contributed by atoms with Gasteiger partial charge in [0.2, 0.25) is 5.91 Å². The first kappa shape index (κ1) is 18.1. The first-order chi connectivity index (χ1) is 11.6. The fourth-order valence-corrected chi connectivity index (χ4v) is 2.72. The summed E-state index contributed by atoms with van der Waals surface area (Å²) >= 11 is 0. The molecule has 24 heavy (non-hydrogen) atoms. The molecule has 7 heteroatoms. The maximum atomic E-state index is 12.7. The number of amides is 2. The summed E-state index contributed by atoms with van der Waals surface area (Å²) in [6, 6.07) is 5.14. The zero-order valence-corrected chi connectivity index (χ0v) is 14.3. The van der Waals surface area contributed by atoms with Gasteiger partial charge >= 0.3 is 0 Å². The number of nitrogens with two attached hydrogens (primary N) is 1. The number of rotatable bonds is 6. The highest BCUT2D eigenvalue weighted by Crippen LogP contribution is 2.26. The van der Waals surface area contributed by atoms with E-state index in [4.69, 9.17) is 15.2 Å². The molecule has 132 valence electrons. The molecule has 1 aromatic rings. The number of hydrogen-bond donors (Lipinski definition) is 1. The molecule has 0 atom stereocenters. The number of carbonyl (C=O) groups excluding carboxylic acids is 2. The predicted octanol–water partition coefficient (Wildman–Crippen LogP) is 0.727. The minimum absolute atomic E-state index is 0.0939. The molecule has 1 aliphatic heterocycles. The van der Waals surface area contributed by atoms with Crippen LogP contribution < -0.4 is 15.2 Å². The fraction of sp³-hybridized carbons (Fsp3) is 0.529. The Kier molecular flexibility index (Phi) is 6.43. The monoisotopic (exact) mass is 335 g/mol. The van der Waals surface area contributed by atoms with E-state index in [2.05, 4.69) is 0 Å². The van der Waals surface area contributed by atoms with Crippen molar-refractivity contribution in [3.63, 3.8) is 0 Å². The molecule has 1 heterocycles. The lowest BCUT2D eigenvalue weighted by molar-refractivity contribution is -0.132. The highest BCUT2D eigenvalue weighted by Gasteiger charge is 2.26. The summed E-state index contributed by atoms with van der Waals surface area (Å²) in [7, 11) is 3.09. The molecule has 0 bridgehead atoms. The van der Waals surface area contributed by atoms with Gasteiger partial charge in [-0.05, 0) is 25.1 Å². The summed E-state index contributed by atoms with van der Waals surface area (Å²) in [6.45, 7) is 2.65. The molecule has 1 aliphatic rings. The van der Waals surface area contributed by atoms with Crippen LogP contribution in [-0.4, -0.2) is 68.6 Å². The lowest BCUT2D eigenvalue weighted by Gasteiger charge is -2.35. The van der Waals surface area contributed by atoms with Gasteiger partial charge in [0.25, 0.3) is 5.91 Å². The van der Waals surface area contributed by atoms with E-state index in [1.165, 1.54) is 7.11 Å². The van der Waals surface area contributed by atoms with Crippen LogP contribution in [0, 0.1) is 0 Å². The van der Waals surface area contributed by atoms with Crippen molar-refractivity contribution >= 4 is 11.8 Å². The van der Waals surface area contributed by atoms with Crippen molar-refractivity contribution < 1.29 is 19.1 Å². The highest BCUT2D eigenvalue weighted by molar-refractivity contribution is 5.97. The number of ether oxygens (including phenoxy) is 2. The highest BCUT2D eigenvalue weighted by atomic mass is 16.5. The van der Waals surface area contributed by atoms with Gasteiger partial charge in [-0.1, -0.05) is 0 Å². The lowest BCUT2D eigenvalue weighted by atomic mass is 10.1. The molecule has 1 fully saturated rings. The Morgan fingerprint density at radius 3 is 2.33 bits per heavy atom. The Morgan fingerprint density at radius 2 is 1.75 bits per heavy atom. The van der Waals surface area contributed by atoms with Gasteiger partial charge in [0.1, 0.15) is 11.5 Å². The average molecular weight is 335 g/mol. The summed E-state index contributed by atoms with van der Waals surface area (Å²) in [5.74, 6) is 1.14. The third kappa shape index (κ3) is 4.17. The molecule has 0 radical (unpaired) electrons. The van der Waals surface area contributed by atoms with Crippen molar-refractivity contribution in [1.82, 2.24) is 9.80 Å². The van der Waals surface area contributed by atoms with Gasteiger partial charge in [0.05, 0.1) is 19.8 Å². The van der Waals surface area contributed by atoms with E-state index in [1.54, 1.807) is 35.1 Å². The zero-order chi connectivity index (χ0) is 17.5. The molecule has 0 aliphatic carbocycles. The summed E-state index contributed by atoms with van der Waals surface area (Å²) in [5, 5.41) is 0. The molecule has 7 nitrogen and oxygen atoms in total. The smallest absolute Gasteiger partial charge is 0.257 e. The Bertz CT molecular complexity index is 583. The van der Waals surface area contributed by atoms with E-state index in [1.807, 2.05) is 0 Å².